The number of likely N-dealkylation sites (tertiary alicyclic amines) is 1. The van der Waals surface area contributed by atoms with E-state index in [0.717, 1.165) is 0 Å². The Labute approximate surface area is 164 Å². The standard InChI is InChI=1S/C20H26N4O4/c1-14(25)28-17-9-11-24(12-10-17)19(26)4-2-3-18(22)23-20(27)16-7-5-15(13-21)6-8-16/h5-8,17-18H,2-4,9-12,22H2,1H3,(H,23,27). The quantitative estimate of drug-likeness (QED) is 0.537. The van der Waals surface area contributed by atoms with Crippen molar-refractivity contribution in [1.82, 2.24) is 10.2 Å². The Bertz CT molecular complexity index is 734. The molecule has 1 fully saturated rings. The van der Waals surface area contributed by atoms with E-state index in [1.54, 1.807) is 29.2 Å². The molecule has 1 aliphatic heterocycles. The lowest BCUT2D eigenvalue weighted by Crippen LogP contribution is -2.42. The van der Waals surface area contributed by atoms with Gasteiger partial charge < -0.3 is 20.7 Å². The molecule has 150 valence electrons. The molecule has 2 rings (SSSR count). The highest BCUT2D eigenvalue weighted by Gasteiger charge is 2.24. The number of carbonyl (C=O) groups excluding carboxylic acids is 3. The molecule has 2 amide bonds. The number of esters is 1. The number of benzene rings is 1. The van der Waals surface area contributed by atoms with Crippen LogP contribution in [-0.2, 0) is 14.3 Å². The smallest absolute Gasteiger partial charge is 0.302 e. The third-order valence-corrected chi connectivity index (χ3v) is 4.63. The van der Waals surface area contributed by atoms with Crippen molar-refractivity contribution >= 4 is 17.8 Å². The van der Waals surface area contributed by atoms with Crippen LogP contribution in [0.2, 0.25) is 0 Å². The average Bonchev–Trinajstić information content (AvgIpc) is 2.68. The van der Waals surface area contributed by atoms with Crippen LogP contribution in [0, 0.1) is 11.3 Å². The van der Waals surface area contributed by atoms with E-state index < -0.39 is 6.17 Å². The van der Waals surface area contributed by atoms with Crippen LogP contribution in [0.4, 0.5) is 0 Å². The summed E-state index contributed by atoms with van der Waals surface area (Å²) in [5, 5.41) is 11.5. The fourth-order valence-electron chi connectivity index (χ4n) is 3.11. The van der Waals surface area contributed by atoms with Crippen molar-refractivity contribution < 1.29 is 19.1 Å². The van der Waals surface area contributed by atoms with Crippen LogP contribution in [0.25, 0.3) is 0 Å². The van der Waals surface area contributed by atoms with Crippen molar-refractivity contribution in [1.29, 1.82) is 5.26 Å². The molecular formula is C20H26N4O4. The molecule has 0 aromatic heterocycles. The Kier molecular flexibility index (Phi) is 7.96. The second-order valence-electron chi connectivity index (χ2n) is 6.85. The van der Waals surface area contributed by atoms with E-state index in [2.05, 4.69) is 5.32 Å². The lowest BCUT2D eigenvalue weighted by atomic mass is 10.1. The molecule has 1 aliphatic rings. The van der Waals surface area contributed by atoms with Crippen LogP contribution >= 0.6 is 0 Å². The number of nitriles is 1. The summed E-state index contributed by atoms with van der Waals surface area (Å²) in [5.41, 5.74) is 6.85. The molecule has 0 radical (unpaired) electrons. The molecule has 1 saturated heterocycles. The Hall–Kier alpha value is -2.92. The highest BCUT2D eigenvalue weighted by atomic mass is 16.5. The van der Waals surface area contributed by atoms with Crippen LogP contribution < -0.4 is 11.1 Å². The van der Waals surface area contributed by atoms with Crippen LogP contribution in [-0.4, -0.2) is 48.0 Å². The summed E-state index contributed by atoms with van der Waals surface area (Å²) in [6.45, 7) is 2.55. The summed E-state index contributed by atoms with van der Waals surface area (Å²) in [5.74, 6) is -0.551. The van der Waals surface area contributed by atoms with E-state index in [9.17, 15) is 14.4 Å². The topological polar surface area (TPSA) is 126 Å². The highest BCUT2D eigenvalue weighted by Crippen LogP contribution is 2.15. The van der Waals surface area contributed by atoms with Crippen LogP contribution in [0.15, 0.2) is 24.3 Å². The van der Waals surface area contributed by atoms with E-state index in [1.165, 1.54) is 6.92 Å². The van der Waals surface area contributed by atoms with Gasteiger partial charge in [-0.2, -0.15) is 5.26 Å². The molecule has 1 unspecified atom stereocenters. The lowest BCUT2D eigenvalue weighted by molar-refractivity contribution is -0.149. The van der Waals surface area contributed by atoms with E-state index in [4.69, 9.17) is 15.7 Å². The molecule has 0 spiro atoms. The van der Waals surface area contributed by atoms with E-state index in [0.29, 0.717) is 56.3 Å². The third-order valence-electron chi connectivity index (χ3n) is 4.63. The summed E-state index contributed by atoms with van der Waals surface area (Å²) in [4.78, 5) is 37.1. The summed E-state index contributed by atoms with van der Waals surface area (Å²) >= 11 is 0. The van der Waals surface area contributed by atoms with Gasteiger partial charge in [-0.05, 0) is 37.1 Å². The van der Waals surface area contributed by atoms with Gasteiger partial charge in [-0.1, -0.05) is 0 Å². The number of hydrogen-bond acceptors (Lipinski definition) is 6. The van der Waals surface area contributed by atoms with Gasteiger partial charge in [0.1, 0.15) is 6.10 Å². The van der Waals surface area contributed by atoms with Crippen molar-refractivity contribution in [2.45, 2.75) is 51.3 Å². The minimum atomic E-state index is -0.550. The first-order valence-corrected chi connectivity index (χ1v) is 9.40. The SMILES string of the molecule is CC(=O)OC1CCN(C(=O)CCCC(N)NC(=O)c2ccc(C#N)cc2)CC1. The monoisotopic (exact) mass is 386 g/mol. The lowest BCUT2D eigenvalue weighted by Gasteiger charge is -2.31. The number of nitrogens with one attached hydrogen (secondary N) is 1. The fourth-order valence-corrected chi connectivity index (χ4v) is 3.11. The maximum atomic E-state index is 12.3. The number of amides is 2. The first-order valence-electron chi connectivity index (χ1n) is 9.40. The van der Waals surface area contributed by atoms with Gasteiger partial charge in [0.25, 0.3) is 5.91 Å². The average molecular weight is 386 g/mol. The van der Waals surface area contributed by atoms with Crippen molar-refractivity contribution in [3.05, 3.63) is 35.4 Å². The predicted octanol–water partition coefficient (Wildman–Crippen LogP) is 1.30. The van der Waals surface area contributed by atoms with Gasteiger partial charge in [0.15, 0.2) is 0 Å². The minimum absolute atomic E-state index is 0.0480. The number of nitrogens with zero attached hydrogens (tertiary/aromatic N) is 2. The third kappa shape index (κ3) is 6.67. The number of ether oxygens (including phenoxy) is 1. The molecule has 1 atom stereocenters. The van der Waals surface area contributed by atoms with Gasteiger partial charge in [0, 0.05) is 44.8 Å². The van der Waals surface area contributed by atoms with Crippen molar-refractivity contribution in [2.75, 3.05) is 13.1 Å². The number of carbonyl (C=O) groups is 3. The molecule has 8 nitrogen and oxygen atoms in total. The zero-order valence-electron chi connectivity index (χ0n) is 16.0. The van der Waals surface area contributed by atoms with Gasteiger partial charge in [0.2, 0.25) is 5.91 Å². The second kappa shape index (κ2) is 10.4. The van der Waals surface area contributed by atoms with Gasteiger partial charge in [-0.3, -0.25) is 14.4 Å². The van der Waals surface area contributed by atoms with Crippen LogP contribution in [0.5, 0.6) is 0 Å². The second-order valence-corrected chi connectivity index (χ2v) is 6.85. The Morgan fingerprint density at radius 3 is 2.50 bits per heavy atom. The van der Waals surface area contributed by atoms with Gasteiger partial charge in [-0.15, -0.1) is 0 Å². The van der Waals surface area contributed by atoms with Crippen LogP contribution in [0.1, 0.15) is 54.9 Å². The Morgan fingerprint density at radius 2 is 1.93 bits per heavy atom. The molecule has 1 aromatic rings. The van der Waals surface area contributed by atoms with Gasteiger partial charge in [-0.25, -0.2) is 0 Å². The fraction of sp³-hybridized carbons (Fsp3) is 0.500. The molecular weight excluding hydrogens is 360 g/mol. The van der Waals surface area contributed by atoms with Crippen molar-refractivity contribution in [2.24, 2.45) is 5.73 Å². The number of nitrogens with two attached hydrogens (primary N) is 1. The molecule has 0 bridgehead atoms. The summed E-state index contributed by atoms with van der Waals surface area (Å²) in [6.07, 6.45) is 2.07. The minimum Gasteiger partial charge on any atom is -0.462 e. The maximum Gasteiger partial charge on any atom is 0.302 e. The van der Waals surface area contributed by atoms with E-state index in [-0.39, 0.29) is 23.9 Å². The Morgan fingerprint density at radius 1 is 1.29 bits per heavy atom. The number of hydrogen-bond donors (Lipinski definition) is 2. The summed E-state index contributed by atoms with van der Waals surface area (Å²) < 4.78 is 5.17. The predicted molar refractivity (Wildman–Crippen MR) is 102 cm³/mol. The molecule has 1 aromatic carbocycles. The Balaban J connectivity index is 1.66. The largest absolute Gasteiger partial charge is 0.462 e. The van der Waals surface area contributed by atoms with Gasteiger partial charge >= 0.3 is 5.97 Å². The van der Waals surface area contributed by atoms with Crippen molar-refractivity contribution in [3.63, 3.8) is 0 Å². The molecule has 1 heterocycles. The summed E-state index contributed by atoms with van der Waals surface area (Å²) in [6, 6.07) is 8.29. The first-order chi connectivity index (χ1) is 13.4. The zero-order chi connectivity index (χ0) is 20.5. The van der Waals surface area contributed by atoms with Gasteiger partial charge in [0.05, 0.1) is 17.8 Å². The molecule has 0 aliphatic carbocycles. The van der Waals surface area contributed by atoms with E-state index >= 15 is 0 Å². The zero-order valence-corrected chi connectivity index (χ0v) is 16.0. The summed E-state index contributed by atoms with van der Waals surface area (Å²) in [7, 11) is 0. The van der Waals surface area contributed by atoms with Crippen LogP contribution in [0.3, 0.4) is 0 Å². The van der Waals surface area contributed by atoms with E-state index in [1.807, 2.05) is 6.07 Å². The normalized spacial score (nSPS) is 15.4. The molecule has 0 saturated carbocycles. The molecule has 8 heteroatoms. The van der Waals surface area contributed by atoms with Crippen molar-refractivity contribution in [3.8, 4) is 6.07 Å². The number of rotatable bonds is 7. The molecule has 28 heavy (non-hydrogen) atoms. The highest BCUT2D eigenvalue weighted by molar-refractivity contribution is 5.94. The number of piperidine rings is 1. The maximum absolute atomic E-state index is 12.3. The molecule has 3 N–H and O–H groups in total. The first kappa shape index (κ1) is 21.4.